The van der Waals surface area contributed by atoms with Crippen molar-refractivity contribution in [1.29, 1.82) is 0 Å². The van der Waals surface area contributed by atoms with Crippen LogP contribution in [0.1, 0.15) is 11.1 Å². The Kier molecular flexibility index (Phi) is 4.39. The highest BCUT2D eigenvalue weighted by atomic mass is 35.5. The molecule has 1 unspecified atom stereocenters. The Labute approximate surface area is 164 Å². The normalized spacial score (nSPS) is 12.6. The molecule has 132 valence electrons. The van der Waals surface area contributed by atoms with Gasteiger partial charge in [0.1, 0.15) is 0 Å². The highest BCUT2D eigenvalue weighted by Gasteiger charge is 2.30. The fraction of sp³-hybridized carbons (Fsp3) is 0.158. The predicted octanol–water partition coefficient (Wildman–Crippen LogP) is 5.24. The van der Waals surface area contributed by atoms with Crippen LogP contribution in [0.5, 0.6) is 0 Å². The first-order valence-electron chi connectivity index (χ1n) is 7.99. The Morgan fingerprint density at radius 1 is 1.15 bits per heavy atom. The molecule has 0 aliphatic carbocycles. The SMILES string of the molecule is CN(C)C(=O)C(Cl)c1c(-c2ccccc2Cl)nc2sc3ccccc3n12. The van der Waals surface area contributed by atoms with Crippen molar-refractivity contribution >= 4 is 55.6 Å². The van der Waals surface area contributed by atoms with Crippen molar-refractivity contribution in [3.8, 4) is 11.3 Å². The fourth-order valence-electron chi connectivity index (χ4n) is 2.97. The van der Waals surface area contributed by atoms with E-state index in [2.05, 4.69) is 0 Å². The van der Waals surface area contributed by atoms with Crippen LogP contribution < -0.4 is 0 Å². The summed E-state index contributed by atoms with van der Waals surface area (Å²) >= 11 is 14.6. The van der Waals surface area contributed by atoms with Gasteiger partial charge in [-0.2, -0.15) is 0 Å². The second-order valence-electron chi connectivity index (χ2n) is 6.11. The van der Waals surface area contributed by atoms with Gasteiger partial charge in [0.2, 0.25) is 5.91 Å². The summed E-state index contributed by atoms with van der Waals surface area (Å²) in [6.07, 6.45) is 0. The lowest BCUT2D eigenvalue weighted by atomic mass is 10.1. The fourth-order valence-corrected chi connectivity index (χ4v) is 4.62. The summed E-state index contributed by atoms with van der Waals surface area (Å²) in [5.41, 5.74) is 3.03. The molecule has 7 heteroatoms. The van der Waals surface area contributed by atoms with E-state index in [0.717, 1.165) is 20.7 Å². The van der Waals surface area contributed by atoms with Crippen molar-refractivity contribution < 1.29 is 4.79 Å². The van der Waals surface area contributed by atoms with Crippen molar-refractivity contribution in [2.45, 2.75) is 5.38 Å². The minimum atomic E-state index is -0.871. The molecule has 0 saturated carbocycles. The van der Waals surface area contributed by atoms with Gasteiger partial charge in [0.05, 0.1) is 26.6 Å². The summed E-state index contributed by atoms with van der Waals surface area (Å²) < 4.78 is 3.06. The number of thiazole rings is 1. The number of carbonyl (C=O) groups excluding carboxylic acids is 1. The third kappa shape index (κ3) is 2.67. The van der Waals surface area contributed by atoms with Gasteiger partial charge in [-0.15, -0.1) is 11.6 Å². The smallest absolute Gasteiger partial charge is 0.246 e. The van der Waals surface area contributed by atoms with Gasteiger partial charge >= 0.3 is 0 Å². The predicted molar refractivity (Wildman–Crippen MR) is 108 cm³/mol. The molecule has 1 amide bonds. The molecule has 4 aromatic rings. The monoisotopic (exact) mass is 403 g/mol. The van der Waals surface area contributed by atoms with Gasteiger partial charge in [-0.3, -0.25) is 9.20 Å². The molecular weight excluding hydrogens is 389 g/mol. The van der Waals surface area contributed by atoms with Gasteiger partial charge in [-0.1, -0.05) is 53.3 Å². The third-order valence-corrected chi connectivity index (χ3v) is 5.96. The summed E-state index contributed by atoms with van der Waals surface area (Å²) in [6, 6.07) is 15.4. The number of alkyl halides is 1. The molecule has 0 bridgehead atoms. The van der Waals surface area contributed by atoms with Crippen LogP contribution in [-0.2, 0) is 4.79 Å². The van der Waals surface area contributed by atoms with Crippen LogP contribution in [0.25, 0.3) is 26.4 Å². The molecule has 0 aliphatic heterocycles. The standard InChI is InChI=1S/C19H15Cl2N3OS/c1-23(2)18(25)15(21)17-16(11-7-3-4-8-12(11)20)22-19-24(17)13-9-5-6-10-14(13)26-19/h3-10,15H,1-2H3. The van der Waals surface area contributed by atoms with Gasteiger partial charge in [0.15, 0.2) is 10.3 Å². The Bertz CT molecular complexity index is 1130. The summed E-state index contributed by atoms with van der Waals surface area (Å²) in [6.45, 7) is 0. The number of fused-ring (bicyclic) bond motifs is 3. The molecule has 0 radical (unpaired) electrons. The lowest BCUT2D eigenvalue weighted by Crippen LogP contribution is -2.26. The Balaban J connectivity index is 2.07. The van der Waals surface area contributed by atoms with E-state index in [9.17, 15) is 4.79 Å². The van der Waals surface area contributed by atoms with Crippen LogP contribution in [0.3, 0.4) is 0 Å². The number of hydrogen-bond acceptors (Lipinski definition) is 3. The van der Waals surface area contributed by atoms with E-state index in [1.54, 1.807) is 25.4 Å². The van der Waals surface area contributed by atoms with Crippen LogP contribution in [0, 0.1) is 0 Å². The van der Waals surface area contributed by atoms with Crippen molar-refractivity contribution in [2.24, 2.45) is 0 Å². The van der Waals surface area contributed by atoms with Crippen LogP contribution in [-0.4, -0.2) is 34.3 Å². The average Bonchev–Trinajstić information content (AvgIpc) is 3.16. The molecule has 0 spiro atoms. The first-order valence-corrected chi connectivity index (χ1v) is 9.62. The van der Waals surface area contributed by atoms with E-state index >= 15 is 0 Å². The van der Waals surface area contributed by atoms with Crippen LogP contribution >= 0.6 is 34.5 Å². The third-order valence-electron chi connectivity index (χ3n) is 4.22. The van der Waals surface area contributed by atoms with Gasteiger partial charge in [-0.05, 0) is 18.2 Å². The number of rotatable bonds is 3. The number of benzene rings is 2. The number of likely N-dealkylation sites (N-methyl/N-ethyl adjacent to an activating group) is 1. The minimum absolute atomic E-state index is 0.197. The molecule has 0 fully saturated rings. The highest BCUT2D eigenvalue weighted by Crippen LogP contribution is 2.40. The lowest BCUT2D eigenvalue weighted by Gasteiger charge is -2.16. The van der Waals surface area contributed by atoms with E-state index in [1.807, 2.05) is 52.9 Å². The number of para-hydroxylation sites is 1. The highest BCUT2D eigenvalue weighted by molar-refractivity contribution is 7.23. The number of imidazole rings is 1. The maximum absolute atomic E-state index is 12.6. The first-order chi connectivity index (χ1) is 12.5. The van der Waals surface area contributed by atoms with Gasteiger partial charge in [0, 0.05) is 19.7 Å². The number of carbonyl (C=O) groups is 1. The number of aromatic nitrogens is 2. The Hall–Kier alpha value is -2.08. The number of nitrogens with zero attached hydrogens (tertiary/aromatic N) is 3. The lowest BCUT2D eigenvalue weighted by molar-refractivity contribution is -0.128. The Morgan fingerprint density at radius 3 is 2.58 bits per heavy atom. The van der Waals surface area contributed by atoms with Crippen molar-refractivity contribution in [1.82, 2.24) is 14.3 Å². The molecule has 2 heterocycles. The van der Waals surface area contributed by atoms with E-state index in [-0.39, 0.29) is 5.91 Å². The Morgan fingerprint density at radius 2 is 1.85 bits per heavy atom. The van der Waals surface area contributed by atoms with Crippen LogP contribution in [0.4, 0.5) is 0 Å². The zero-order valence-corrected chi connectivity index (χ0v) is 16.4. The van der Waals surface area contributed by atoms with Gasteiger partial charge in [-0.25, -0.2) is 4.98 Å². The van der Waals surface area contributed by atoms with E-state index in [4.69, 9.17) is 28.2 Å². The molecule has 0 saturated heterocycles. The minimum Gasteiger partial charge on any atom is -0.347 e. The maximum atomic E-state index is 12.6. The average molecular weight is 404 g/mol. The van der Waals surface area contributed by atoms with E-state index < -0.39 is 5.38 Å². The van der Waals surface area contributed by atoms with Gasteiger partial charge in [0.25, 0.3) is 0 Å². The second kappa shape index (κ2) is 6.58. The molecule has 0 N–H and O–H groups in total. The topological polar surface area (TPSA) is 37.6 Å². The number of amides is 1. The van der Waals surface area contributed by atoms with Crippen molar-refractivity contribution in [2.75, 3.05) is 14.1 Å². The molecule has 4 nitrogen and oxygen atoms in total. The number of hydrogen-bond donors (Lipinski definition) is 0. The summed E-state index contributed by atoms with van der Waals surface area (Å²) in [7, 11) is 3.38. The molecule has 0 aliphatic rings. The molecular formula is C19H15Cl2N3OS. The summed E-state index contributed by atoms with van der Waals surface area (Å²) in [5.74, 6) is -0.197. The molecule has 1 atom stereocenters. The van der Waals surface area contributed by atoms with Crippen molar-refractivity contribution in [3.05, 3.63) is 59.2 Å². The second-order valence-corrected chi connectivity index (χ2v) is 7.96. The largest absolute Gasteiger partial charge is 0.347 e. The van der Waals surface area contributed by atoms with Crippen molar-refractivity contribution in [3.63, 3.8) is 0 Å². The molecule has 26 heavy (non-hydrogen) atoms. The summed E-state index contributed by atoms with van der Waals surface area (Å²) in [4.78, 5) is 19.7. The molecule has 4 rings (SSSR count). The first kappa shape index (κ1) is 17.3. The van der Waals surface area contributed by atoms with Gasteiger partial charge < -0.3 is 4.90 Å². The van der Waals surface area contributed by atoms with Crippen LogP contribution in [0.2, 0.25) is 5.02 Å². The number of halogens is 2. The molecule has 2 aromatic heterocycles. The summed E-state index contributed by atoms with van der Waals surface area (Å²) in [5, 5.41) is -0.297. The van der Waals surface area contributed by atoms with E-state index in [0.29, 0.717) is 16.4 Å². The van der Waals surface area contributed by atoms with Crippen LogP contribution in [0.15, 0.2) is 48.5 Å². The molecule has 2 aromatic carbocycles. The van der Waals surface area contributed by atoms with E-state index in [1.165, 1.54) is 4.90 Å². The zero-order chi connectivity index (χ0) is 18.4. The zero-order valence-electron chi connectivity index (χ0n) is 14.1. The maximum Gasteiger partial charge on any atom is 0.246 e. The quantitative estimate of drug-likeness (QED) is 0.438.